The molecule has 8 nitrogen and oxygen atoms in total. The molecule has 0 aliphatic heterocycles. The zero-order valence-electron chi connectivity index (χ0n) is 18.6. The summed E-state index contributed by atoms with van der Waals surface area (Å²) in [6.45, 7) is 3.45. The molecule has 2 heterocycles. The lowest BCUT2D eigenvalue weighted by molar-refractivity contribution is -0.111. The summed E-state index contributed by atoms with van der Waals surface area (Å²) in [6, 6.07) is 23.5. The summed E-state index contributed by atoms with van der Waals surface area (Å²) in [5, 5.41) is 7.13. The second-order valence-electron chi connectivity index (χ2n) is 7.72. The van der Waals surface area contributed by atoms with Crippen LogP contribution in [-0.4, -0.2) is 26.1 Å². The number of ether oxygens (including phenoxy) is 1. The van der Waals surface area contributed by atoms with Crippen molar-refractivity contribution in [1.82, 2.24) is 14.2 Å². The van der Waals surface area contributed by atoms with Gasteiger partial charge in [-0.25, -0.2) is 13.9 Å². The molecule has 0 unspecified atom stereocenters. The number of nitrogens with two attached hydrogens (primary N) is 1. The molecule has 0 aliphatic rings. The Morgan fingerprint density at radius 3 is 2.23 bits per heavy atom. The maximum atomic E-state index is 12.5. The number of anilines is 1. The van der Waals surface area contributed by atoms with Crippen molar-refractivity contribution in [1.29, 1.82) is 0 Å². The average Bonchev–Trinajstić information content (AvgIpc) is 3.45. The number of nitrogens with zero attached hydrogens (tertiary/aromatic N) is 3. The highest BCUT2D eigenvalue weighted by Crippen LogP contribution is 2.32. The van der Waals surface area contributed by atoms with Crippen molar-refractivity contribution in [2.24, 2.45) is 5.73 Å². The summed E-state index contributed by atoms with van der Waals surface area (Å²) in [5.74, 6) is 1.11. The van der Waals surface area contributed by atoms with E-state index in [1.807, 2.05) is 66.7 Å². The molecule has 3 aromatic carbocycles. The second kappa shape index (κ2) is 9.03. The highest BCUT2D eigenvalue weighted by atomic mass is 16.5. The predicted molar refractivity (Wildman–Crippen MR) is 134 cm³/mol. The number of aromatic nitrogens is 3. The molecule has 0 aliphatic carbocycles. The van der Waals surface area contributed by atoms with Gasteiger partial charge in [-0.1, -0.05) is 36.9 Å². The Hall–Kier alpha value is -5.11. The molecular weight excluding hydrogens is 442 g/mol. The van der Waals surface area contributed by atoms with Gasteiger partial charge in [0.1, 0.15) is 11.5 Å². The van der Waals surface area contributed by atoms with E-state index in [4.69, 9.17) is 10.5 Å². The molecular formula is C27H21N5O3. The Balaban J connectivity index is 1.50. The minimum atomic E-state index is -0.628. The van der Waals surface area contributed by atoms with E-state index < -0.39 is 6.03 Å². The number of amides is 2. The third-order valence-corrected chi connectivity index (χ3v) is 5.46. The molecule has 0 saturated carbocycles. The molecule has 172 valence electrons. The number of fused-ring (bicyclic) bond motifs is 1. The van der Waals surface area contributed by atoms with Gasteiger partial charge in [0.2, 0.25) is 5.91 Å². The Bertz CT molecular complexity index is 1530. The monoisotopic (exact) mass is 463 g/mol. The number of para-hydroxylation sites is 1. The predicted octanol–water partition coefficient (Wildman–Crippen LogP) is 5.31. The third-order valence-electron chi connectivity index (χ3n) is 5.46. The number of carbonyl (C=O) groups is 2. The smallest absolute Gasteiger partial charge is 0.325 e. The first-order valence-electron chi connectivity index (χ1n) is 10.8. The number of nitrogens with one attached hydrogen (secondary N) is 1. The topological polar surface area (TPSA) is 104 Å². The maximum Gasteiger partial charge on any atom is 0.325 e. The third kappa shape index (κ3) is 4.28. The first kappa shape index (κ1) is 21.7. The van der Waals surface area contributed by atoms with Crippen molar-refractivity contribution < 1.29 is 14.3 Å². The lowest BCUT2D eigenvalue weighted by Crippen LogP contribution is -2.20. The molecule has 5 aromatic rings. The van der Waals surface area contributed by atoms with Gasteiger partial charge in [0.15, 0.2) is 5.65 Å². The molecule has 0 radical (unpaired) electrons. The lowest BCUT2D eigenvalue weighted by Gasteiger charge is -2.09. The van der Waals surface area contributed by atoms with Crippen LogP contribution < -0.4 is 15.8 Å². The van der Waals surface area contributed by atoms with E-state index in [0.29, 0.717) is 22.8 Å². The van der Waals surface area contributed by atoms with Crippen molar-refractivity contribution in [2.45, 2.75) is 0 Å². The van der Waals surface area contributed by atoms with Crippen LogP contribution in [0.2, 0.25) is 0 Å². The number of imidazole rings is 1. The number of primary amides is 1. The van der Waals surface area contributed by atoms with Gasteiger partial charge in [0.05, 0.1) is 18.1 Å². The summed E-state index contributed by atoms with van der Waals surface area (Å²) >= 11 is 0. The molecule has 8 heteroatoms. The Morgan fingerprint density at radius 2 is 1.57 bits per heavy atom. The molecule has 0 bridgehead atoms. The minimum absolute atomic E-state index is 0.293. The van der Waals surface area contributed by atoms with Crippen LogP contribution in [0.1, 0.15) is 0 Å². The van der Waals surface area contributed by atoms with E-state index >= 15 is 0 Å². The number of hydrogen-bond donors (Lipinski definition) is 2. The van der Waals surface area contributed by atoms with Crippen molar-refractivity contribution in [3.8, 4) is 33.9 Å². The Labute approximate surface area is 200 Å². The van der Waals surface area contributed by atoms with Crippen LogP contribution in [0.5, 0.6) is 11.5 Å². The number of rotatable bonds is 6. The molecule has 2 amide bonds. The van der Waals surface area contributed by atoms with E-state index in [9.17, 15) is 9.59 Å². The molecule has 0 saturated heterocycles. The van der Waals surface area contributed by atoms with Gasteiger partial charge in [0, 0.05) is 16.8 Å². The van der Waals surface area contributed by atoms with Crippen LogP contribution in [0.3, 0.4) is 0 Å². The minimum Gasteiger partial charge on any atom is -0.457 e. The van der Waals surface area contributed by atoms with Crippen molar-refractivity contribution in [3.63, 3.8) is 0 Å². The number of carbonyl (C=O) groups excluding carboxylic acids is 2. The van der Waals surface area contributed by atoms with Gasteiger partial charge in [-0.05, 0) is 60.2 Å². The first-order chi connectivity index (χ1) is 17.0. The zero-order valence-corrected chi connectivity index (χ0v) is 18.6. The second-order valence-corrected chi connectivity index (χ2v) is 7.72. The lowest BCUT2D eigenvalue weighted by atomic mass is 10.1. The normalized spacial score (nSPS) is 10.7. The molecule has 35 heavy (non-hydrogen) atoms. The molecule has 2 aromatic heterocycles. The van der Waals surface area contributed by atoms with Crippen LogP contribution in [0.15, 0.2) is 104 Å². The highest BCUT2D eigenvalue weighted by molar-refractivity contribution is 5.99. The number of benzene rings is 3. The van der Waals surface area contributed by atoms with Crippen LogP contribution in [-0.2, 0) is 4.79 Å². The molecule has 3 N–H and O–H groups in total. The largest absolute Gasteiger partial charge is 0.457 e. The molecule has 0 spiro atoms. The summed E-state index contributed by atoms with van der Waals surface area (Å²) < 4.78 is 8.92. The van der Waals surface area contributed by atoms with Gasteiger partial charge in [-0.3, -0.25) is 4.79 Å². The highest BCUT2D eigenvalue weighted by Gasteiger charge is 2.20. The van der Waals surface area contributed by atoms with E-state index in [1.54, 1.807) is 29.0 Å². The zero-order chi connectivity index (χ0) is 24.4. The van der Waals surface area contributed by atoms with E-state index in [2.05, 4.69) is 17.0 Å². The fourth-order valence-corrected chi connectivity index (χ4v) is 3.84. The maximum absolute atomic E-state index is 12.5. The van der Waals surface area contributed by atoms with Gasteiger partial charge < -0.3 is 15.8 Å². The van der Waals surface area contributed by atoms with Crippen LogP contribution in [0.25, 0.3) is 28.0 Å². The van der Waals surface area contributed by atoms with Gasteiger partial charge in [-0.15, -0.1) is 0 Å². The van der Waals surface area contributed by atoms with Crippen LogP contribution in [0.4, 0.5) is 10.5 Å². The van der Waals surface area contributed by atoms with Crippen molar-refractivity contribution in [2.75, 3.05) is 5.32 Å². The van der Waals surface area contributed by atoms with Gasteiger partial charge >= 0.3 is 6.03 Å². The summed E-state index contributed by atoms with van der Waals surface area (Å²) in [7, 11) is 0. The van der Waals surface area contributed by atoms with Gasteiger partial charge in [0.25, 0.3) is 0 Å². The summed E-state index contributed by atoms with van der Waals surface area (Å²) in [4.78, 5) is 24.1. The molecule has 5 rings (SSSR count). The standard InChI is InChI=1S/C27H21N5O3/c1-2-25(33)30-20-12-8-18(9-13-20)23-16-29-31-17-24(32(26(23)31)27(28)34)19-10-14-22(15-11-19)35-21-6-4-3-5-7-21/h2-17H,1H2,(H2,28,34)(H,30,33). The Kier molecular flexibility index (Phi) is 5.60. The van der Waals surface area contributed by atoms with E-state index in [1.165, 1.54) is 10.6 Å². The summed E-state index contributed by atoms with van der Waals surface area (Å²) in [5.41, 5.74) is 9.89. The quantitative estimate of drug-likeness (QED) is 0.333. The Morgan fingerprint density at radius 1 is 0.914 bits per heavy atom. The fraction of sp³-hybridized carbons (Fsp3) is 0. The number of hydrogen-bond acceptors (Lipinski definition) is 4. The van der Waals surface area contributed by atoms with Crippen molar-refractivity contribution >= 4 is 23.3 Å². The van der Waals surface area contributed by atoms with E-state index in [-0.39, 0.29) is 5.91 Å². The van der Waals surface area contributed by atoms with Gasteiger partial charge in [-0.2, -0.15) is 5.10 Å². The van der Waals surface area contributed by atoms with Crippen LogP contribution in [0, 0.1) is 0 Å². The van der Waals surface area contributed by atoms with Crippen LogP contribution >= 0.6 is 0 Å². The first-order valence-corrected chi connectivity index (χ1v) is 10.8. The summed E-state index contributed by atoms with van der Waals surface area (Å²) in [6.07, 6.45) is 4.64. The molecule has 0 fully saturated rings. The fourth-order valence-electron chi connectivity index (χ4n) is 3.84. The SMILES string of the molecule is C=CC(=O)Nc1ccc(-c2cnn3cc(-c4ccc(Oc5ccccc5)cc4)n(C(N)=O)c23)cc1. The van der Waals surface area contributed by atoms with E-state index in [0.717, 1.165) is 22.4 Å². The molecule has 0 atom stereocenters. The van der Waals surface area contributed by atoms with Crippen molar-refractivity contribution in [3.05, 3.63) is 104 Å². The average molecular weight is 463 g/mol.